The Labute approximate surface area is 317 Å². The van der Waals surface area contributed by atoms with E-state index in [0.717, 1.165) is 46.0 Å². The number of benzene rings is 4. The molecule has 5 aromatic rings. The second kappa shape index (κ2) is 16.7. The summed E-state index contributed by atoms with van der Waals surface area (Å²) >= 11 is 0. The predicted molar refractivity (Wildman–Crippen MR) is 202 cm³/mol. The van der Waals surface area contributed by atoms with Crippen LogP contribution >= 0.6 is 0 Å². The van der Waals surface area contributed by atoms with Crippen LogP contribution in [-0.4, -0.2) is 76.2 Å². The summed E-state index contributed by atoms with van der Waals surface area (Å²) in [6.45, 7) is 2.55. The van der Waals surface area contributed by atoms with Gasteiger partial charge in [-0.05, 0) is 72.4 Å². The highest BCUT2D eigenvalue weighted by molar-refractivity contribution is 5.82. The average molecular weight is 752 g/mol. The van der Waals surface area contributed by atoms with E-state index >= 15 is 4.39 Å². The lowest BCUT2D eigenvalue weighted by Gasteiger charge is -2.40. The minimum Gasteiger partial charge on any atom is -0.480 e. The Bertz CT molecular complexity index is 2120. The van der Waals surface area contributed by atoms with Crippen LogP contribution in [0.5, 0.6) is 0 Å². The van der Waals surface area contributed by atoms with Gasteiger partial charge < -0.3 is 34.5 Å². The van der Waals surface area contributed by atoms with Crippen LogP contribution in [0, 0.1) is 11.6 Å². The van der Waals surface area contributed by atoms with Gasteiger partial charge in [-0.25, -0.2) is 18.4 Å². The summed E-state index contributed by atoms with van der Waals surface area (Å²) in [6, 6.07) is 27.0. The maximum atomic E-state index is 15.1. The molecule has 1 aliphatic carbocycles. The van der Waals surface area contributed by atoms with E-state index in [-0.39, 0.29) is 37.6 Å². The summed E-state index contributed by atoms with van der Waals surface area (Å²) in [5.74, 6) is -3.49. The maximum Gasteiger partial charge on any atom is 0.407 e. The van der Waals surface area contributed by atoms with E-state index in [1.165, 1.54) is 25.9 Å². The quantitative estimate of drug-likeness (QED) is 0.104. The smallest absolute Gasteiger partial charge is 0.407 e. The first kappa shape index (κ1) is 38.9. The number of carbonyl (C=O) groups is 3. The first-order valence-corrected chi connectivity index (χ1v) is 17.9. The Kier molecular flexibility index (Phi) is 11.8. The third-order valence-corrected chi connectivity index (χ3v) is 9.81. The van der Waals surface area contributed by atoms with Gasteiger partial charge in [-0.1, -0.05) is 78.9 Å². The topological polar surface area (TPSA) is 130 Å². The largest absolute Gasteiger partial charge is 0.480 e. The lowest BCUT2D eigenvalue weighted by Crippen LogP contribution is -2.50. The number of hydrogen-bond donors (Lipinski definition) is 3. The number of aliphatic hydroxyl groups is 1. The summed E-state index contributed by atoms with van der Waals surface area (Å²) in [4.78, 5) is 40.8. The molecule has 0 spiro atoms. The van der Waals surface area contributed by atoms with Gasteiger partial charge in [0.1, 0.15) is 36.9 Å². The minimum absolute atomic E-state index is 0.0180. The van der Waals surface area contributed by atoms with Gasteiger partial charge >= 0.3 is 12.1 Å². The number of carboxylic acids is 1. The Balaban J connectivity index is 1.27. The van der Waals surface area contributed by atoms with E-state index in [2.05, 4.69) is 5.32 Å². The molecule has 0 fully saturated rings. The molecule has 0 saturated carbocycles. The molecule has 12 heteroatoms. The highest BCUT2D eigenvalue weighted by atomic mass is 19.1. The Hall–Kier alpha value is -5.85. The molecule has 1 heterocycles. The molecule has 0 radical (unpaired) electrons. The number of halogens is 2. The van der Waals surface area contributed by atoms with Crippen molar-refractivity contribution in [3.8, 4) is 22.3 Å². The zero-order valence-electron chi connectivity index (χ0n) is 30.7. The third kappa shape index (κ3) is 8.77. The number of methoxy groups -OCH3 is 1. The summed E-state index contributed by atoms with van der Waals surface area (Å²) in [5, 5.41) is 24.4. The molecule has 4 aromatic carbocycles. The summed E-state index contributed by atoms with van der Waals surface area (Å²) in [7, 11) is 1.33. The lowest BCUT2D eigenvalue weighted by atomic mass is 9.92. The SMILES string of the molecule is COCC(=O)N(CCC(NC(=O)OCC1c2ccccc2-c2ccccc21)C(=O)O)C(c1cc(-c2cc(F)ccc2F)cn1Cc1ccccc1)C(C)(C)O. The number of nitrogens with zero attached hydrogens (tertiary/aromatic N) is 2. The molecular formula is C43H43F2N3O7. The highest BCUT2D eigenvalue weighted by Crippen LogP contribution is 2.44. The number of rotatable bonds is 15. The number of amides is 2. The van der Waals surface area contributed by atoms with Gasteiger partial charge in [-0.15, -0.1) is 0 Å². The normalized spacial score (nSPS) is 13.4. The summed E-state index contributed by atoms with van der Waals surface area (Å²) in [6.07, 6.45) is 0.407. The number of hydrogen-bond acceptors (Lipinski definition) is 6. The van der Waals surface area contributed by atoms with Crippen molar-refractivity contribution < 1.29 is 42.9 Å². The molecule has 0 aliphatic heterocycles. The molecule has 10 nitrogen and oxygen atoms in total. The molecule has 286 valence electrons. The van der Waals surface area contributed by atoms with Gasteiger partial charge in [-0.2, -0.15) is 0 Å². The van der Waals surface area contributed by atoms with Crippen molar-refractivity contribution in [3.63, 3.8) is 0 Å². The van der Waals surface area contributed by atoms with Crippen LogP contribution in [0.25, 0.3) is 22.3 Å². The van der Waals surface area contributed by atoms with Crippen LogP contribution in [0.1, 0.15) is 54.6 Å². The molecule has 6 rings (SSSR count). The summed E-state index contributed by atoms with van der Waals surface area (Å²) < 4.78 is 42.0. The van der Waals surface area contributed by atoms with Crippen molar-refractivity contribution in [3.05, 3.63) is 143 Å². The molecule has 3 N–H and O–H groups in total. The number of nitrogens with one attached hydrogen (secondary N) is 1. The molecule has 55 heavy (non-hydrogen) atoms. The fraction of sp³-hybridized carbons (Fsp3) is 0.279. The van der Waals surface area contributed by atoms with Gasteiger partial charge in [0, 0.05) is 49.1 Å². The number of fused-ring (bicyclic) bond motifs is 3. The van der Waals surface area contributed by atoms with Crippen LogP contribution < -0.4 is 5.32 Å². The fourth-order valence-electron chi connectivity index (χ4n) is 7.36. The first-order valence-electron chi connectivity index (χ1n) is 17.9. The van der Waals surface area contributed by atoms with E-state index in [4.69, 9.17) is 9.47 Å². The zero-order valence-corrected chi connectivity index (χ0v) is 30.7. The van der Waals surface area contributed by atoms with E-state index in [9.17, 15) is 29.0 Å². The second-order valence-electron chi connectivity index (χ2n) is 14.1. The standard InChI is InChI=1S/C43H43F2N3O7/c1-43(2,53)40(38-21-28(34-22-29(44)17-18-36(34)45)24-47(38)23-27-11-5-4-6-12-27)48(39(49)26-54-3)20-19-37(41(50)51)46-42(52)55-25-35-32-15-9-7-13-30(32)31-14-8-10-16-33(31)35/h4-18,21-22,24,35,37,40,53H,19-20,23,25-26H2,1-3H3,(H,46,52)(H,50,51). The predicted octanol–water partition coefficient (Wildman–Crippen LogP) is 7.15. The average Bonchev–Trinajstić information content (AvgIpc) is 3.71. The molecule has 1 aromatic heterocycles. The van der Waals surface area contributed by atoms with E-state index < -0.39 is 53.9 Å². The summed E-state index contributed by atoms with van der Waals surface area (Å²) in [5.41, 5.74) is 3.93. The van der Waals surface area contributed by atoms with Gasteiger partial charge in [0.2, 0.25) is 5.91 Å². The number of carbonyl (C=O) groups excluding carboxylic acids is 2. The van der Waals surface area contributed by atoms with Crippen molar-refractivity contribution >= 4 is 18.0 Å². The Morgan fingerprint density at radius 1 is 0.891 bits per heavy atom. The number of ether oxygens (including phenoxy) is 2. The van der Waals surface area contributed by atoms with Crippen LogP contribution in [0.15, 0.2) is 109 Å². The molecule has 0 saturated heterocycles. The molecule has 1 aliphatic rings. The van der Waals surface area contributed by atoms with Gasteiger partial charge in [-0.3, -0.25) is 4.79 Å². The number of aromatic nitrogens is 1. The van der Waals surface area contributed by atoms with Crippen LogP contribution in [0.2, 0.25) is 0 Å². The van der Waals surface area contributed by atoms with Crippen molar-refractivity contribution in [2.75, 3.05) is 26.9 Å². The zero-order chi connectivity index (χ0) is 39.3. The molecule has 2 unspecified atom stereocenters. The molecule has 2 amide bonds. The highest BCUT2D eigenvalue weighted by Gasteiger charge is 2.40. The second-order valence-corrected chi connectivity index (χ2v) is 14.1. The van der Waals surface area contributed by atoms with Crippen molar-refractivity contribution in [2.24, 2.45) is 0 Å². The van der Waals surface area contributed by atoms with Gasteiger partial charge in [0.25, 0.3) is 0 Å². The van der Waals surface area contributed by atoms with E-state index in [1.807, 2.05) is 78.9 Å². The minimum atomic E-state index is -1.66. The lowest BCUT2D eigenvalue weighted by molar-refractivity contribution is -0.146. The Morgan fingerprint density at radius 3 is 2.15 bits per heavy atom. The van der Waals surface area contributed by atoms with Gasteiger partial charge in [0.15, 0.2) is 0 Å². The first-order chi connectivity index (χ1) is 26.3. The number of alkyl carbamates (subject to hydrolysis) is 1. The van der Waals surface area contributed by atoms with Crippen LogP contribution in [-0.2, 0) is 25.6 Å². The van der Waals surface area contributed by atoms with Crippen molar-refractivity contribution in [1.29, 1.82) is 0 Å². The number of aliphatic carboxylic acids is 1. The number of carboxylic acid groups (broad SMARTS) is 1. The van der Waals surface area contributed by atoms with E-state index in [0.29, 0.717) is 11.3 Å². The Morgan fingerprint density at radius 2 is 1.53 bits per heavy atom. The molecule has 2 atom stereocenters. The van der Waals surface area contributed by atoms with E-state index in [1.54, 1.807) is 16.8 Å². The van der Waals surface area contributed by atoms with Gasteiger partial charge in [0.05, 0.1) is 5.60 Å². The molecule has 0 bridgehead atoms. The monoisotopic (exact) mass is 751 g/mol. The van der Waals surface area contributed by atoms with Crippen LogP contribution in [0.3, 0.4) is 0 Å². The van der Waals surface area contributed by atoms with Crippen molar-refractivity contribution in [2.45, 2.75) is 50.4 Å². The molecular weight excluding hydrogens is 708 g/mol. The van der Waals surface area contributed by atoms with Crippen molar-refractivity contribution in [1.82, 2.24) is 14.8 Å². The third-order valence-electron chi connectivity index (χ3n) is 9.81. The fourth-order valence-corrected chi connectivity index (χ4v) is 7.36. The maximum absolute atomic E-state index is 15.1. The van der Waals surface area contributed by atoms with Crippen LogP contribution in [0.4, 0.5) is 13.6 Å².